The lowest BCUT2D eigenvalue weighted by Gasteiger charge is -2.32. The number of Topliss-reactive ketones (excluding diaryl/α,β-unsaturated/α-hetero) is 3. The molecule has 4 atom stereocenters. The minimum Gasteiger partial charge on any atom is -0.492 e. The summed E-state index contributed by atoms with van der Waals surface area (Å²) in [7, 11) is 2.83. The summed E-state index contributed by atoms with van der Waals surface area (Å²) in [4.78, 5) is 96.1. The Morgan fingerprint density at radius 3 is 1.78 bits per heavy atom. The highest BCUT2D eigenvalue weighted by Gasteiger charge is 2.36. The Morgan fingerprint density at radius 1 is 0.710 bits per heavy atom. The van der Waals surface area contributed by atoms with Crippen molar-refractivity contribution in [3.8, 4) is 28.7 Å². The van der Waals surface area contributed by atoms with E-state index in [1.54, 1.807) is 62.0 Å². The molecule has 6 rings (SSSR count). The molecule has 1 heterocycles. The standard InChI is InChI=1S/C49H66N6O7S.C15H22O2S.C9H9FO2/c1-5-6-7-8-9-25-63-37-14-15-38(32(2)26-37)43(57)31-36(18-20-51)49(60)55(4)47-35-13-17-46(62-24-22-53)40(30-35)39-28-34(12-16-45(39)61-23-21-52)29-41(42(56)11-10-19-50)54-48(59)33(3)27-44(47)58;1-3-4-5-6-7-10-18-13-8-9-14(15(16)17)12(2)11-13;1-6-5-7(10)3-4-8(6)9(11)12-2/h12-17,26,28,30,33,36,41,47H,5-11,18,20-25,27,29,31,51-53H2,1-4H3,(H,54,59);8-9,11H,3-7,10H2,1-2H3,(H,16,17);3-5H,1-2H3/t33-,36-,41+,47+;;/m1../s1. The first kappa shape index (κ1) is 78.0. The molecule has 0 saturated heterocycles. The van der Waals surface area contributed by atoms with Gasteiger partial charge < -0.3 is 46.7 Å². The van der Waals surface area contributed by atoms with Crippen molar-refractivity contribution in [1.29, 1.82) is 5.26 Å². The maximum Gasteiger partial charge on any atom is 0.338 e. The summed E-state index contributed by atoms with van der Waals surface area (Å²) >= 11 is 3.59. The molecule has 504 valence electrons. The van der Waals surface area contributed by atoms with E-state index in [1.807, 2.05) is 68.1 Å². The van der Waals surface area contributed by atoms with Crippen molar-refractivity contribution in [2.45, 2.75) is 166 Å². The molecular weight excluding hydrogens is 1220 g/mol. The van der Waals surface area contributed by atoms with Crippen molar-refractivity contribution in [3.05, 3.63) is 141 Å². The van der Waals surface area contributed by atoms with Crippen LogP contribution in [0.4, 0.5) is 4.39 Å². The monoisotopic (exact) mass is 1320 g/mol. The fourth-order valence-corrected chi connectivity index (χ4v) is 12.8. The van der Waals surface area contributed by atoms with E-state index in [9.17, 15) is 43.2 Å². The molecule has 5 aromatic rings. The van der Waals surface area contributed by atoms with Gasteiger partial charge in [-0.2, -0.15) is 5.26 Å². The summed E-state index contributed by atoms with van der Waals surface area (Å²) < 4.78 is 29.3. The number of ketones is 3. The number of nitrogens with zero attached hydrogens (tertiary/aromatic N) is 2. The van der Waals surface area contributed by atoms with Crippen LogP contribution in [-0.2, 0) is 30.3 Å². The first-order valence-electron chi connectivity index (χ1n) is 32.4. The van der Waals surface area contributed by atoms with Crippen molar-refractivity contribution >= 4 is 64.6 Å². The Hall–Kier alpha value is -7.41. The average Bonchev–Trinajstić information content (AvgIpc) is 0.790. The van der Waals surface area contributed by atoms with E-state index in [-0.39, 0.29) is 88.8 Å². The predicted molar refractivity (Wildman–Crippen MR) is 368 cm³/mol. The number of hydrogen-bond donors (Lipinski definition) is 5. The predicted octanol–water partition coefficient (Wildman–Crippen LogP) is 13.3. The molecule has 4 bridgehead atoms. The normalized spacial score (nSPS) is 14.7. The largest absolute Gasteiger partial charge is 0.492 e. The molecule has 0 aromatic heterocycles. The number of carbonyl (C=O) groups excluding carboxylic acids is 6. The lowest BCUT2D eigenvalue weighted by molar-refractivity contribution is -0.142. The number of unbranched alkanes of at least 4 members (excludes halogenated alkanes) is 8. The molecular formula is C73H97FN6O11S2. The molecule has 0 fully saturated rings. The summed E-state index contributed by atoms with van der Waals surface area (Å²) in [5, 5.41) is 21.0. The fourth-order valence-electron chi connectivity index (χ4n) is 10.7. The fraction of sp³-hybridized carbons (Fsp3) is 0.479. The van der Waals surface area contributed by atoms with E-state index in [1.165, 1.54) is 99.9 Å². The molecule has 20 heteroatoms. The number of hydrogen-bond acceptors (Lipinski definition) is 16. The van der Waals surface area contributed by atoms with Crippen LogP contribution in [0.1, 0.15) is 182 Å². The molecule has 1 aliphatic rings. The zero-order valence-electron chi connectivity index (χ0n) is 55.6. The molecule has 0 radical (unpaired) electrons. The second-order valence-electron chi connectivity index (χ2n) is 23.3. The van der Waals surface area contributed by atoms with Crippen LogP contribution in [0.2, 0.25) is 0 Å². The number of amides is 2. The van der Waals surface area contributed by atoms with Gasteiger partial charge in [0.2, 0.25) is 11.8 Å². The number of nitrogens with two attached hydrogens (primary N) is 3. The zero-order chi connectivity index (χ0) is 68.4. The molecule has 0 saturated carbocycles. The summed E-state index contributed by atoms with van der Waals surface area (Å²) in [5.74, 6) is -2.26. The number of rotatable bonds is 32. The Balaban J connectivity index is 0.000000497. The van der Waals surface area contributed by atoms with Gasteiger partial charge in [0.05, 0.1) is 30.3 Å². The smallest absolute Gasteiger partial charge is 0.338 e. The lowest BCUT2D eigenvalue weighted by atomic mass is 9.88. The van der Waals surface area contributed by atoms with Crippen LogP contribution in [0.3, 0.4) is 0 Å². The van der Waals surface area contributed by atoms with Gasteiger partial charge in [-0.25, -0.2) is 14.0 Å². The number of aromatic carboxylic acids is 1. The molecule has 93 heavy (non-hydrogen) atoms. The van der Waals surface area contributed by atoms with Crippen LogP contribution in [0, 0.1) is 49.8 Å². The number of thioether (sulfide) groups is 2. The van der Waals surface area contributed by atoms with Crippen LogP contribution < -0.4 is 32.0 Å². The van der Waals surface area contributed by atoms with Gasteiger partial charge in [0.15, 0.2) is 17.3 Å². The molecule has 8 N–H and O–H groups in total. The number of halogens is 1. The average molecular weight is 1320 g/mol. The number of ether oxygens (including phenoxy) is 3. The second kappa shape index (κ2) is 42.0. The highest BCUT2D eigenvalue weighted by Crippen LogP contribution is 2.41. The SMILES string of the molecule is CCCCCCCSc1ccc(C(=O)C[C@@H](CCN)C(=O)N(C)[C@@H]2C(=O)C[C@@H](C)C(=O)N[C@H](C(=O)CCC#N)Cc3ccc(OCCN)c(c3)-c3cc2ccc3OCCN)c(C)c1.CCCCCCCSc1ccc(C(=O)O)c(C)c1.COC(=O)c1ccc(F)cc1C. The number of nitriles is 1. The van der Waals surface area contributed by atoms with Crippen LogP contribution in [0.15, 0.2) is 101 Å². The van der Waals surface area contributed by atoms with Gasteiger partial charge in [0.1, 0.15) is 36.6 Å². The van der Waals surface area contributed by atoms with Crippen molar-refractivity contribution in [2.75, 3.05) is 58.5 Å². The molecule has 0 unspecified atom stereocenters. The van der Waals surface area contributed by atoms with E-state index in [0.29, 0.717) is 56.0 Å². The van der Waals surface area contributed by atoms with E-state index in [4.69, 9.17) is 31.8 Å². The van der Waals surface area contributed by atoms with Gasteiger partial charge >= 0.3 is 11.9 Å². The van der Waals surface area contributed by atoms with Crippen LogP contribution in [0.25, 0.3) is 11.1 Å². The van der Waals surface area contributed by atoms with Gasteiger partial charge in [0.25, 0.3) is 0 Å². The van der Waals surface area contributed by atoms with Crippen LogP contribution in [0.5, 0.6) is 11.5 Å². The zero-order valence-corrected chi connectivity index (χ0v) is 57.2. The Bertz CT molecular complexity index is 3320. The van der Waals surface area contributed by atoms with Crippen molar-refractivity contribution < 1.29 is 57.3 Å². The second-order valence-corrected chi connectivity index (χ2v) is 25.6. The topological polar surface area (TPSA) is 285 Å². The molecule has 17 nitrogen and oxygen atoms in total. The van der Waals surface area contributed by atoms with Gasteiger partial charge in [-0.1, -0.05) is 90.3 Å². The van der Waals surface area contributed by atoms with Crippen molar-refractivity contribution in [2.24, 2.45) is 29.0 Å². The highest BCUT2D eigenvalue weighted by atomic mass is 32.2. The quantitative estimate of drug-likeness (QED) is 0.0116. The van der Waals surface area contributed by atoms with Crippen LogP contribution >= 0.6 is 23.5 Å². The maximum atomic E-state index is 14.7. The maximum absolute atomic E-state index is 14.7. The summed E-state index contributed by atoms with van der Waals surface area (Å²) in [6.07, 6.45) is 12.3. The highest BCUT2D eigenvalue weighted by molar-refractivity contribution is 7.99. The number of aryl methyl sites for hydroxylation is 3. The molecule has 0 aliphatic carbocycles. The third kappa shape index (κ3) is 25.4. The number of carboxylic acid groups (broad SMARTS) is 1. The minimum atomic E-state index is -1.20. The molecule has 2 amide bonds. The van der Waals surface area contributed by atoms with E-state index >= 15 is 0 Å². The van der Waals surface area contributed by atoms with Gasteiger partial charge in [-0.05, 0) is 165 Å². The van der Waals surface area contributed by atoms with Crippen molar-refractivity contribution in [1.82, 2.24) is 10.2 Å². The summed E-state index contributed by atoms with van der Waals surface area (Å²) in [6, 6.07) is 25.7. The van der Waals surface area contributed by atoms with E-state index in [0.717, 1.165) is 33.9 Å². The molecule has 0 spiro atoms. The van der Waals surface area contributed by atoms with Gasteiger partial charge in [0, 0.05) is 84.1 Å². The minimum absolute atomic E-state index is 0.0197. The number of likely N-dealkylation sites (N-methyl/N-ethyl adjacent to an activating group) is 1. The Labute approximate surface area is 558 Å². The van der Waals surface area contributed by atoms with Crippen LogP contribution in [-0.4, -0.2) is 116 Å². The summed E-state index contributed by atoms with van der Waals surface area (Å²) in [5.41, 5.74) is 23.6. The number of nitrogens with one attached hydrogen (secondary N) is 1. The van der Waals surface area contributed by atoms with E-state index in [2.05, 4.69) is 23.9 Å². The number of carboxylic acids is 1. The third-order valence-electron chi connectivity index (χ3n) is 15.9. The van der Waals surface area contributed by atoms with E-state index < -0.39 is 53.5 Å². The van der Waals surface area contributed by atoms with Gasteiger partial charge in [-0.3, -0.25) is 24.0 Å². The van der Waals surface area contributed by atoms with Crippen molar-refractivity contribution in [3.63, 3.8) is 0 Å². The molecule has 5 aromatic carbocycles. The molecule has 1 aliphatic heterocycles. The Kier molecular flexibility index (Phi) is 35.3. The number of benzene rings is 5. The number of methoxy groups -OCH3 is 1. The Morgan fingerprint density at radius 2 is 1.26 bits per heavy atom. The lowest BCUT2D eigenvalue weighted by Crippen LogP contribution is -2.46. The first-order chi connectivity index (χ1) is 44.7. The third-order valence-corrected chi connectivity index (χ3v) is 18.0. The number of fused-ring (bicyclic) bond motifs is 5. The first-order valence-corrected chi connectivity index (χ1v) is 34.3. The van der Waals surface area contributed by atoms with Gasteiger partial charge in [-0.15, -0.1) is 23.5 Å². The number of esters is 1. The summed E-state index contributed by atoms with van der Waals surface area (Å²) in [6.45, 7) is 12.4. The number of carbonyl (C=O) groups is 7.